The van der Waals surface area contributed by atoms with Crippen molar-refractivity contribution < 1.29 is 9.53 Å². The first-order valence-electron chi connectivity index (χ1n) is 7.36. The zero-order valence-electron chi connectivity index (χ0n) is 11.8. The average molecular weight is 275 g/mol. The van der Waals surface area contributed by atoms with E-state index in [0.29, 0.717) is 18.7 Å². The van der Waals surface area contributed by atoms with Gasteiger partial charge in [0.2, 0.25) is 0 Å². The van der Waals surface area contributed by atoms with Crippen molar-refractivity contribution in [1.29, 1.82) is 0 Å². The van der Waals surface area contributed by atoms with Gasteiger partial charge in [0, 0.05) is 19.8 Å². The molecule has 1 aliphatic heterocycles. The Balaban J connectivity index is 1.77. The highest BCUT2D eigenvalue weighted by atomic mass is 16.5. The SMILES string of the molecule is CNc1ccc(C(=O)N2CCOC3CCCCC32)cn1. The molecule has 0 aromatic carbocycles. The fraction of sp³-hybridized carbons (Fsp3) is 0.600. The van der Waals surface area contributed by atoms with E-state index in [-0.39, 0.29) is 18.1 Å². The molecule has 1 amide bonds. The molecule has 2 fully saturated rings. The van der Waals surface area contributed by atoms with Gasteiger partial charge in [-0.1, -0.05) is 12.8 Å². The summed E-state index contributed by atoms with van der Waals surface area (Å²) < 4.78 is 5.82. The van der Waals surface area contributed by atoms with Crippen molar-refractivity contribution >= 4 is 11.7 Å². The molecule has 20 heavy (non-hydrogen) atoms. The zero-order chi connectivity index (χ0) is 13.9. The number of amides is 1. The standard InChI is InChI=1S/C15H21N3O2/c1-16-14-7-6-11(10-17-14)15(19)18-8-9-20-13-5-3-2-4-12(13)18/h6-7,10,12-13H,2-5,8-9H2,1H3,(H,16,17). The molecule has 2 aliphatic rings. The van der Waals surface area contributed by atoms with Crippen LogP contribution < -0.4 is 5.32 Å². The fourth-order valence-electron chi connectivity index (χ4n) is 3.18. The molecule has 1 aromatic rings. The van der Waals surface area contributed by atoms with E-state index >= 15 is 0 Å². The van der Waals surface area contributed by atoms with E-state index in [1.54, 1.807) is 6.20 Å². The summed E-state index contributed by atoms with van der Waals surface area (Å²) in [6, 6.07) is 3.93. The lowest BCUT2D eigenvalue weighted by Crippen LogP contribution is -2.54. The van der Waals surface area contributed by atoms with Gasteiger partial charge in [0.1, 0.15) is 5.82 Å². The summed E-state index contributed by atoms with van der Waals surface area (Å²) >= 11 is 0. The minimum atomic E-state index is 0.0837. The summed E-state index contributed by atoms with van der Waals surface area (Å²) in [5.74, 6) is 0.861. The lowest BCUT2D eigenvalue weighted by atomic mass is 9.90. The number of nitrogens with one attached hydrogen (secondary N) is 1. The third-order valence-electron chi connectivity index (χ3n) is 4.26. The Morgan fingerprint density at radius 2 is 2.25 bits per heavy atom. The predicted octanol–water partition coefficient (Wildman–Crippen LogP) is 1.91. The molecule has 0 spiro atoms. The summed E-state index contributed by atoms with van der Waals surface area (Å²) in [4.78, 5) is 18.9. The highest BCUT2D eigenvalue weighted by molar-refractivity contribution is 5.94. The molecule has 0 bridgehead atoms. The van der Waals surface area contributed by atoms with Gasteiger partial charge >= 0.3 is 0 Å². The largest absolute Gasteiger partial charge is 0.374 e. The number of aromatic nitrogens is 1. The second-order valence-corrected chi connectivity index (χ2v) is 5.44. The number of rotatable bonds is 2. The molecule has 2 atom stereocenters. The number of pyridine rings is 1. The number of carbonyl (C=O) groups is 1. The molecule has 0 radical (unpaired) electrons. The van der Waals surface area contributed by atoms with Crippen LogP contribution in [0.25, 0.3) is 0 Å². The summed E-state index contributed by atoms with van der Waals surface area (Å²) in [6.07, 6.45) is 6.41. The van der Waals surface area contributed by atoms with Crippen molar-refractivity contribution in [1.82, 2.24) is 9.88 Å². The van der Waals surface area contributed by atoms with E-state index in [2.05, 4.69) is 10.3 Å². The molecule has 1 N–H and O–H groups in total. The monoisotopic (exact) mass is 275 g/mol. The minimum Gasteiger partial charge on any atom is -0.374 e. The van der Waals surface area contributed by atoms with Crippen LogP contribution in [0.1, 0.15) is 36.0 Å². The highest BCUT2D eigenvalue weighted by Gasteiger charge is 2.36. The van der Waals surface area contributed by atoms with Crippen LogP contribution in [0.4, 0.5) is 5.82 Å². The van der Waals surface area contributed by atoms with Gasteiger partial charge in [-0.25, -0.2) is 4.98 Å². The van der Waals surface area contributed by atoms with E-state index < -0.39 is 0 Å². The van der Waals surface area contributed by atoms with Crippen LogP contribution in [0.5, 0.6) is 0 Å². The van der Waals surface area contributed by atoms with Crippen LogP contribution in [0.2, 0.25) is 0 Å². The Morgan fingerprint density at radius 1 is 1.40 bits per heavy atom. The van der Waals surface area contributed by atoms with E-state index in [0.717, 1.165) is 18.7 Å². The molecule has 2 unspecified atom stereocenters. The van der Waals surface area contributed by atoms with Crippen LogP contribution in [-0.4, -0.2) is 48.1 Å². The first-order valence-corrected chi connectivity index (χ1v) is 7.36. The van der Waals surface area contributed by atoms with Crippen LogP contribution in [0, 0.1) is 0 Å². The van der Waals surface area contributed by atoms with E-state index in [4.69, 9.17) is 4.74 Å². The maximum Gasteiger partial charge on any atom is 0.255 e. The quantitative estimate of drug-likeness (QED) is 0.895. The molecule has 5 heteroatoms. The summed E-state index contributed by atoms with van der Waals surface area (Å²) in [5.41, 5.74) is 0.662. The lowest BCUT2D eigenvalue weighted by molar-refractivity contribution is -0.0752. The van der Waals surface area contributed by atoms with Crippen LogP contribution >= 0.6 is 0 Å². The minimum absolute atomic E-state index is 0.0837. The van der Waals surface area contributed by atoms with Crippen molar-refractivity contribution in [3.63, 3.8) is 0 Å². The molecule has 108 valence electrons. The molecular formula is C15H21N3O2. The number of morpholine rings is 1. The molecule has 5 nitrogen and oxygen atoms in total. The average Bonchev–Trinajstić information content (AvgIpc) is 2.54. The number of hydrogen-bond donors (Lipinski definition) is 1. The molecule has 1 saturated heterocycles. The van der Waals surface area contributed by atoms with Gasteiger partial charge in [-0.3, -0.25) is 4.79 Å². The molecule has 3 rings (SSSR count). The fourth-order valence-corrected chi connectivity index (χ4v) is 3.18. The molecule has 1 saturated carbocycles. The third-order valence-corrected chi connectivity index (χ3v) is 4.26. The highest BCUT2D eigenvalue weighted by Crippen LogP contribution is 2.29. The first-order chi connectivity index (χ1) is 9.79. The van der Waals surface area contributed by atoms with E-state index in [9.17, 15) is 4.79 Å². The number of hydrogen-bond acceptors (Lipinski definition) is 4. The smallest absolute Gasteiger partial charge is 0.255 e. The summed E-state index contributed by atoms with van der Waals surface area (Å²) in [6.45, 7) is 1.34. The van der Waals surface area contributed by atoms with E-state index in [1.807, 2.05) is 24.1 Å². The number of carbonyl (C=O) groups excluding carboxylic acids is 1. The van der Waals surface area contributed by atoms with Gasteiger partial charge in [-0.05, 0) is 25.0 Å². The second kappa shape index (κ2) is 5.79. The zero-order valence-corrected chi connectivity index (χ0v) is 11.8. The number of anilines is 1. The predicted molar refractivity (Wildman–Crippen MR) is 76.8 cm³/mol. The van der Waals surface area contributed by atoms with Gasteiger partial charge in [0.15, 0.2) is 0 Å². The van der Waals surface area contributed by atoms with Crippen molar-refractivity contribution in [3.05, 3.63) is 23.9 Å². The van der Waals surface area contributed by atoms with Gasteiger partial charge in [0.25, 0.3) is 5.91 Å². The molecule has 1 aromatic heterocycles. The lowest BCUT2D eigenvalue weighted by Gasteiger charge is -2.43. The van der Waals surface area contributed by atoms with Crippen molar-refractivity contribution in [2.75, 3.05) is 25.5 Å². The van der Waals surface area contributed by atoms with Crippen LogP contribution in [0.3, 0.4) is 0 Å². The Hall–Kier alpha value is -1.62. The Labute approximate surface area is 119 Å². The van der Waals surface area contributed by atoms with Crippen LogP contribution in [0.15, 0.2) is 18.3 Å². The Morgan fingerprint density at radius 3 is 3.00 bits per heavy atom. The Kier molecular flexibility index (Phi) is 3.87. The molecular weight excluding hydrogens is 254 g/mol. The van der Waals surface area contributed by atoms with Crippen molar-refractivity contribution in [2.45, 2.75) is 37.8 Å². The third kappa shape index (κ3) is 2.50. The number of fused-ring (bicyclic) bond motifs is 1. The Bertz CT molecular complexity index is 473. The van der Waals surface area contributed by atoms with Gasteiger partial charge in [0.05, 0.1) is 24.3 Å². The molecule has 1 aliphatic carbocycles. The number of nitrogens with zero attached hydrogens (tertiary/aromatic N) is 2. The summed E-state index contributed by atoms with van der Waals surface area (Å²) in [7, 11) is 1.82. The normalized spacial score (nSPS) is 25.9. The van der Waals surface area contributed by atoms with Gasteiger partial charge in [-0.15, -0.1) is 0 Å². The van der Waals surface area contributed by atoms with Crippen molar-refractivity contribution in [3.8, 4) is 0 Å². The number of ether oxygens (including phenoxy) is 1. The van der Waals surface area contributed by atoms with E-state index in [1.165, 1.54) is 12.8 Å². The molecule has 2 heterocycles. The summed E-state index contributed by atoms with van der Waals surface area (Å²) in [5, 5.41) is 2.96. The first kappa shape index (κ1) is 13.4. The van der Waals surface area contributed by atoms with Gasteiger partial charge < -0.3 is 15.0 Å². The van der Waals surface area contributed by atoms with Crippen LogP contribution in [-0.2, 0) is 4.74 Å². The maximum atomic E-state index is 12.7. The van der Waals surface area contributed by atoms with Crippen molar-refractivity contribution in [2.24, 2.45) is 0 Å². The topological polar surface area (TPSA) is 54.5 Å². The van der Waals surface area contributed by atoms with Gasteiger partial charge in [-0.2, -0.15) is 0 Å². The maximum absolute atomic E-state index is 12.7. The second-order valence-electron chi connectivity index (χ2n) is 5.44.